The first-order valence-corrected chi connectivity index (χ1v) is 11.2. The number of rotatable bonds is 8. The van der Waals surface area contributed by atoms with Crippen LogP contribution in [0.15, 0.2) is 77.3 Å². The Hall–Kier alpha value is -3.10. The molecule has 0 bridgehead atoms. The van der Waals surface area contributed by atoms with Crippen LogP contribution in [0.3, 0.4) is 0 Å². The van der Waals surface area contributed by atoms with Gasteiger partial charge in [0.25, 0.3) is 0 Å². The molecule has 2 aromatic heterocycles. The Labute approximate surface area is 182 Å². The first-order valence-electron chi connectivity index (χ1n) is 9.31. The van der Waals surface area contributed by atoms with Crippen molar-refractivity contribution in [2.75, 3.05) is 18.2 Å². The van der Waals surface area contributed by atoms with E-state index in [9.17, 15) is 4.79 Å². The summed E-state index contributed by atoms with van der Waals surface area (Å²) in [6.07, 6.45) is 0. The van der Waals surface area contributed by atoms with Gasteiger partial charge < -0.3 is 10.1 Å². The van der Waals surface area contributed by atoms with Crippen molar-refractivity contribution in [1.29, 1.82) is 0 Å². The van der Waals surface area contributed by atoms with Crippen LogP contribution in [0.5, 0.6) is 5.75 Å². The Morgan fingerprint density at radius 2 is 1.87 bits per heavy atom. The number of nitrogens with zero attached hydrogens (tertiary/aromatic N) is 3. The number of thiophene rings is 1. The smallest absolute Gasteiger partial charge is 0.234 e. The molecular formula is C22H20N4O2S2. The van der Waals surface area contributed by atoms with Crippen molar-refractivity contribution < 1.29 is 9.53 Å². The van der Waals surface area contributed by atoms with Gasteiger partial charge in [-0.3, -0.25) is 9.36 Å². The van der Waals surface area contributed by atoms with E-state index in [1.165, 1.54) is 11.8 Å². The molecule has 4 aromatic rings. The number of carbonyl (C=O) groups is 1. The van der Waals surface area contributed by atoms with Crippen LogP contribution in [-0.4, -0.2) is 33.5 Å². The molecule has 0 fully saturated rings. The van der Waals surface area contributed by atoms with E-state index in [1.54, 1.807) is 18.4 Å². The zero-order valence-corrected chi connectivity index (χ0v) is 18.0. The Morgan fingerprint density at radius 3 is 2.63 bits per heavy atom. The predicted molar refractivity (Wildman–Crippen MR) is 121 cm³/mol. The predicted octanol–water partition coefficient (Wildman–Crippen LogP) is 4.79. The van der Waals surface area contributed by atoms with Crippen LogP contribution in [0.2, 0.25) is 0 Å². The second-order valence-electron chi connectivity index (χ2n) is 6.39. The highest BCUT2D eigenvalue weighted by atomic mass is 32.2. The number of nitrogens with one attached hydrogen (secondary N) is 1. The summed E-state index contributed by atoms with van der Waals surface area (Å²) in [5.41, 5.74) is 1.80. The summed E-state index contributed by atoms with van der Waals surface area (Å²) in [5, 5.41) is 14.4. The van der Waals surface area contributed by atoms with Gasteiger partial charge in [-0.05, 0) is 29.1 Å². The number of hydrogen-bond acceptors (Lipinski definition) is 6. The fourth-order valence-electron chi connectivity index (χ4n) is 2.96. The zero-order chi connectivity index (χ0) is 20.8. The molecule has 1 N–H and O–H groups in total. The summed E-state index contributed by atoms with van der Waals surface area (Å²) in [5.74, 6) is 1.52. The molecule has 2 heterocycles. The lowest BCUT2D eigenvalue weighted by molar-refractivity contribution is -0.113. The first kappa shape index (κ1) is 20.2. The van der Waals surface area contributed by atoms with Crippen LogP contribution in [0.1, 0.15) is 5.56 Å². The van der Waals surface area contributed by atoms with Crippen molar-refractivity contribution in [2.45, 2.75) is 11.7 Å². The number of benzene rings is 2. The zero-order valence-electron chi connectivity index (χ0n) is 16.3. The molecule has 0 radical (unpaired) electrons. The van der Waals surface area contributed by atoms with Crippen molar-refractivity contribution in [3.8, 4) is 16.5 Å². The molecule has 8 heteroatoms. The fraction of sp³-hybridized carbons (Fsp3) is 0.136. The van der Waals surface area contributed by atoms with E-state index in [4.69, 9.17) is 4.74 Å². The number of anilines is 1. The largest absolute Gasteiger partial charge is 0.495 e. The second kappa shape index (κ2) is 9.60. The maximum Gasteiger partial charge on any atom is 0.234 e. The van der Waals surface area contributed by atoms with Crippen LogP contribution in [0, 0.1) is 0 Å². The second-order valence-corrected chi connectivity index (χ2v) is 8.28. The van der Waals surface area contributed by atoms with Gasteiger partial charge in [0, 0.05) is 0 Å². The normalized spacial score (nSPS) is 10.7. The highest BCUT2D eigenvalue weighted by Gasteiger charge is 2.17. The molecule has 0 unspecified atom stereocenters. The molecule has 30 heavy (non-hydrogen) atoms. The molecule has 0 aliphatic rings. The third-order valence-electron chi connectivity index (χ3n) is 4.36. The quantitative estimate of drug-likeness (QED) is 0.402. The minimum Gasteiger partial charge on any atom is -0.495 e. The van der Waals surface area contributed by atoms with Crippen molar-refractivity contribution in [2.24, 2.45) is 0 Å². The maximum absolute atomic E-state index is 12.5. The molecule has 1 amide bonds. The Morgan fingerprint density at radius 1 is 1.07 bits per heavy atom. The molecule has 2 aromatic carbocycles. The minimum absolute atomic E-state index is 0.128. The molecule has 152 valence electrons. The summed E-state index contributed by atoms with van der Waals surface area (Å²) >= 11 is 2.98. The topological polar surface area (TPSA) is 69.0 Å². The van der Waals surface area contributed by atoms with E-state index in [0.717, 1.165) is 16.3 Å². The first-order chi connectivity index (χ1) is 14.7. The Balaban J connectivity index is 1.51. The molecular weight excluding hydrogens is 416 g/mol. The van der Waals surface area contributed by atoms with Crippen molar-refractivity contribution >= 4 is 34.7 Å². The molecule has 0 saturated carbocycles. The average Bonchev–Trinajstić information content (AvgIpc) is 3.43. The third kappa shape index (κ3) is 4.72. The number of para-hydroxylation sites is 2. The number of amides is 1. The third-order valence-corrected chi connectivity index (χ3v) is 6.19. The number of hydrogen-bond donors (Lipinski definition) is 1. The van der Waals surface area contributed by atoms with Gasteiger partial charge in [0.1, 0.15) is 5.75 Å². The highest BCUT2D eigenvalue weighted by molar-refractivity contribution is 7.99. The average molecular weight is 437 g/mol. The van der Waals surface area contributed by atoms with Gasteiger partial charge in [0.2, 0.25) is 5.91 Å². The number of methoxy groups -OCH3 is 1. The summed E-state index contributed by atoms with van der Waals surface area (Å²) in [7, 11) is 1.58. The Kier molecular flexibility index (Phi) is 6.46. The molecule has 0 spiro atoms. The molecule has 4 rings (SSSR count). The van der Waals surface area contributed by atoms with Gasteiger partial charge in [-0.1, -0.05) is 60.3 Å². The summed E-state index contributed by atoms with van der Waals surface area (Å²) in [6.45, 7) is 0.636. The van der Waals surface area contributed by atoms with Crippen molar-refractivity contribution in [3.63, 3.8) is 0 Å². The SMILES string of the molecule is COc1ccccc1NC(=O)CSc1nnc(-c2cccs2)n1Cc1ccccc1. The molecule has 0 saturated heterocycles. The Bertz CT molecular complexity index is 1110. The van der Waals surface area contributed by atoms with Gasteiger partial charge in [0.15, 0.2) is 11.0 Å². The van der Waals surface area contributed by atoms with E-state index in [0.29, 0.717) is 23.1 Å². The van der Waals surface area contributed by atoms with Crippen molar-refractivity contribution in [3.05, 3.63) is 77.7 Å². The lowest BCUT2D eigenvalue weighted by atomic mass is 10.2. The standard InChI is InChI=1S/C22H20N4O2S2/c1-28-18-11-6-5-10-17(18)23-20(27)15-30-22-25-24-21(19-12-7-13-29-19)26(22)14-16-8-3-2-4-9-16/h2-13H,14-15H2,1H3,(H,23,27). The lowest BCUT2D eigenvalue weighted by Gasteiger charge is -2.11. The van der Waals surface area contributed by atoms with Gasteiger partial charge in [0.05, 0.1) is 30.0 Å². The highest BCUT2D eigenvalue weighted by Crippen LogP contribution is 2.29. The number of ether oxygens (including phenoxy) is 1. The number of aromatic nitrogens is 3. The van der Waals surface area contributed by atoms with Gasteiger partial charge in [-0.25, -0.2) is 0 Å². The van der Waals surface area contributed by atoms with Gasteiger partial charge in [-0.2, -0.15) is 0 Å². The van der Waals surface area contributed by atoms with E-state index in [-0.39, 0.29) is 11.7 Å². The number of thioether (sulfide) groups is 1. The number of carbonyl (C=O) groups excluding carboxylic acids is 1. The summed E-state index contributed by atoms with van der Waals surface area (Å²) in [6, 6.07) is 21.5. The molecule has 6 nitrogen and oxygen atoms in total. The summed E-state index contributed by atoms with van der Waals surface area (Å²) < 4.78 is 7.35. The molecule has 0 aliphatic heterocycles. The van der Waals surface area contributed by atoms with Gasteiger partial charge in [-0.15, -0.1) is 21.5 Å². The fourth-order valence-corrected chi connectivity index (χ4v) is 4.41. The molecule has 0 atom stereocenters. The van der Waals surface area contributed by atoms with Crippen LogP contribution in [0.25, 0.3) is 10.7 Å². The maximum atomic E-state index is 12.5. The van der Waals surface area contributed by atoms with E-state index < -0.39 is 0 Å². The summed E-state index contributed by atoms with van der Waals surface area (Å²) in [4.78, 5) is 13.6. The minimum atomic E-state index is -0.128. The van der Waals surface area contributed by atoms with E-state index in [2.05, 4.69) is 32.2 Å². The van der Waals surface area contributed by atoms with Crippen LogP contribution >= 0.6 is 23.1 Å². The van der Waals surface area contributed by atoms with Crippen LogP contribution < -0.4 is 10.1 Å². The monoisotopic (exact) mass is 436 g/mol. The van der Waals surface area contributed by atoms with E-state index in [1.807, 2.05) is 60.0 Å². The van der Waals surface area contributed by atoms with Gasteiger partial charge >= 0.3 is 0 Å². The molecule has 0 aliphatic carbocycles. The van der Waals surface area contributed by atoms with Crippen LogP contribution in [0.4, 0.5) is 5.69 Å². The lowest BCUT2D eigenvalue weighted by Crippen LogP contribution is -2.15. The van der Waals surface area contributed by atoms with Crippen LogP contribution in [-0.2, 0) is 11.3 Å². The van der Waals surface area contributed by atoms with Crippen molar-refractivity contribution in [1.82, 2.24) is 14.8 Å². The van der Waals surface area contributed by atoms with E-state index >= 15 is 0 Å².